The molecule has 0 saturated heterocycles. The van der Waals surface area contributed by atoms with E-state index in [0.29, 0.717) is 17.5 Å². The molecule has 7 aromatic carbocycles. The molecule has 230 valence electrons. The summed E-state index contributed by atoms with van der Waals surface area (Å²) in [5, 5.41) is 2.01. The molecule has 0 aliphatic rings. The molecular formula is C45H29N3O. The Morgan fingerprint density at radius 2 is 0.714 bits per heavy atom. The molecule has 49 heavy (non-hydrogen) atoms. The zero-order valence-corrected chi connectivity index (χ0v) is 26.5. The van der Waals surface area contributed by atoms with Crippen LogP contribution in [0.3, 0.4) is 0 Å². The van der Waals surface area contributed by atoms with Crippen LogP contribution < -0.4 is 0 Å². The number of fused-ring (bicyclic) bond motifs is 3. The first-order valence-corrected chi connectivity index (χ1v) is 16.4. The van der Waals surface area contributed by atoms with Gasteiger partial charge in [0.2, 0.25) is 0 Å². The van der Waals surface area contributed by atoms with E-state index in [1.165, 1.54) is 0 Å². The van der Waals surface area contributed by atoms with E-state index in [0.717, 1.165) is 72.0 Å². The standard InChI is InChI=1S/C45H29N3O/c1-4-12-30(13-5-1)33-20-24-35(25-21-33)43-46-44(36-26-22-34(23-27-36)31-14-6-2-7-15-31)48-45(47-43)39-28-37(32-16-8-3-9-17-32)29-41-42(39)38-18-10-11-19-40(38)49-41/h1-29H. The van der Waals surface area contributed by atoms with Crippen molar-refractivity contribution in [3.05, 3.63) is 176 Å². The van der Waals surface area contributed by atoms with Crippen LogP contribution >= 0.6 is 0 Å². The maximum absolute atomic E-state index is 6.45. The van der Waals surface area contributed by atoms with Crippen LogP contribution in [0.1, 0.15) is 0 Å². The monoisotopic (exact) mass is 627 g/mol. The summed E-state index contributed by atoms with van der Waals surface area (Å²) >= 11 is 0. The summed E-state index contributed by atoms with van der Waals surface area (Å²) in [5.74, 6) is 1.81. The van der Waals surface area contributed by atoms with E-state index in [1.54, 1.807) is 0 Å². The maximum atomic E-state index is 6.45. The molecule has 0 aliphatic carbocycles. The number of rotatable bonds is 6. The number of hydrogen-bond donors (Lipinski definition) is 0. The quantitative estimate of drug-likeness (QED) is 0.184. The van der Waals surface area contributed by atoms with E-state index in [9.17, 15) is 0 Å². The zero-order chi connectivity index (χ0) is 32.6. The lowest BCUT2D eigenvalue weighted by molar-refractivity contribution is 0.669. The number of para-hydroxylation sites is 1. The molecule has 0 amide bonds. The zero-order valence-electron chi connectivity index (χ0n) is 26.5. The Morgan fingerprint density at radius 1 is 0.306 bits per heavy atom. The van der Waals surface area contributed by atoms with Crippen molar-refractivity contribution < 1.29 is 4.42 Å². The summed E-state index contributed by atoms with van der Waals surface area (Å²) in [6, 6.07) is 60.4. The lowest BCUT2D eigenvalue weighted by Crippen LogP contribution is -2.01. The molecule has 2 heterocycles. The van der Waals surface area contributed by atoms with Gasteiger partial charge >= 0.3 is 0 Å². The van der Waals surface area contributed by atoms with Gasteiger partial charge in [0.05, 0.1) is 0 Å². The highest BCUT2D eigenvalue weighted by molar-refractivity contribution is 6.13. The molecule has 0 saturated carbocycles. The molecule has 0 unspecified atom stereocenters. The highest BCUT2D eigenvalue weighted by Gasteiger charge is 2.20. The van der Waals surface area contributed by atoms with E-state index in [1.807, 2.05) is 36.4 Å². The van der Waals surface area contributed by atoms with Crippen LogP contribution in [-0.2, 0) is 0 Å². The third kappa shape index (κ3) is 5.45. The predicted octanol–water partition coefficient (Wildman–Crippen LogP) is 11.8. The lowest BCUT2D eigenvalue weighted by Gasteiger charge is -2.12. The Morgan fingerprint density at radius 3 is 1.24 bits per heavy atom. The molecule has 0 atom stereocenters. The minimum Gasteiger partial charge on any atom is -0.456 e. The first-order valence-electron chi connectivity index (χ1n) is 16.4. The van der Waals surface area contributed by atoms with E-state index in [-0.39, 0.29) is 0 Å². The van der Waals surface area contributed by atoms with Crippen molar-refractivity contribution in [2.24, 2.45) is 0 Å². The SMILES string of the molecule is c1ccc(-c2ccc(-c3nc(-c4ccc(-c5ccccc5)cc4)nc(-c4cc(-c5ccccc5)cc5oc6ccccc6c45)n3)cc2)cc1. The molecule has 4 heteroatoms. The molecule has 0 N–H and O–H groups in total. The second-order valence-electron chi connectivity index (χ2n) is 12.1. The van der Waals surface area contributed by atoms with Crippen LogP contribution in [-0.4, -0.2) is 15.0 Å². The van der Waals surface area contributed by atoms with Crippen molar-refractivity contribution >= 4 is 21.9 Å². The van der Waals surface area contributed by atoms with Gasteiger partial charge in [-0.05, 0) is 51.6 Å². The van der Waals surface area contributed by atoms with Gasteiger partial charge in [-0.2, -0.15) is 0 Å². The topological polar surface area (TPSA) is 51.8 Å². The van der Waals surface area contributed by atoms with Gasteiger partial charge in [-0.1, -0.05) is 158 Å². The smallest absolute Gasteiger partial charge is 0.164 e. The van der Waals surface area contributed by atoms with Crippen molar-refractivity contribution in [2.45, 2.75) is 0 Å². The minimum absolute atomic E-state index is 0.591. The van der Waals surface area contributed by atoms with Crippen molar-refractivity contribution in [1.29, 1.82) is 0 Å². The van der Waals surface area contributed by atoms with Crippen molar-refractivity contribution in [1.82, 2.24) is 15.0 Å². The summed E-state index contributed by atoms with van der Waals surface area (Å²) in [6.07, 6.45) is 0. The summed E-state index contributed by atoms with van der Waals surface area (Å²) < 4.78 is 6.45. The van der Waals surface area contributed by atoms with E-state index >= 15 is 0 Å². The van der Waals surface area contributed by atoms with Crippen LogP contribution in [0.15, 0.2) is 180 Å². The highest BCUT2D eigenvalue weighted by Crippen LogP contribution is 2.40. The van der Waals surface area contributed by atoms with E-state index in [4.69, 9.17) is 19.4 Å². The predicted molar refractivity (Wildman–Crippen MR) is 200 cm³/mol. The summed E-state index contributed by atoms with van der Waals surface area (Å²) in [7, 11) is 0. The van der Waals surface area contributed by atoms with Crippen LogP contribution in [0.25, 0.3) is 89.5 Å². The fourth-order valence-corrected chi connectivity index (χ4v) is 6.47. The van der Waals surface area contributed by atoms with Crippen LogP contribution in [0.2, 0.25) is 0 Å². The Labute approximate surface area is 284 Å². The second kappa shape index (κ2) is 12.2. The number of nitrogens with zero attached hydrogens (tertiary/aromatic N) is 3. The number of hydrogen-bond acceptors (Lipinski definition) is 4. The Hall–Kier alpha value is -6.65. The van der Waals surface area contributed by atoms with E-state index < -0.39 is 0 Å². The maximum Gasteiger partial charge on any atom is 0.164 e. The van der Waals surface area contributed by atoms with Gasteiger partial charge < -0.3 is 4.42 Å². The summed E-state index contributed by atoms with van der Waals surface area (Å²) in [6.45, 7) is 0. The first-order chi connectivity index (χ1) is 24.3. The van der Waals surface area contributed by atoms with Gasteiger partial charge in [-0.25, -0.2) is 15.0 Å². The first kappa shape index (κ1) is 28.6. The Balaban J connectivity index is 1.25. The minimum atomic E-state index is 0.591. The molecule has 0 aliphatic heterocycles. The third-order valence-electron chi connectivity index (χ3n) is 8.96. The lowest BCUT2D eigenvalue weighted by atomic mass is 9.98. The van der Waals surface area contributed by atoms with Gasteiger partial charge in [0.25, 0.3) is 0 Å². The summed E-state index contributed by atoms with van der Waals surface area (Å²) in [5.41, 5.74) is 11.1. The fraction of sp³-hybridized carbons (Fsp3) is 0. The fourth-order valence-electron chi connectivity index (χ4n) is 6.47. The molecule has 9 rings (SSSR count). The van der Waals surface area contributed by atoms with Crippen LogP contribution in [0.5, 0.6) is 0 Å². The molecule has 4 nitrogen and oxygen atoms in total. The molecule has 0 radical (unpaired) electrons. The van der Waals surface area contributed by atoms with Crippen molar-refractivity contribution in [3.63, 3.8) is 0 Å². The molecule has 2 aromatic heterocycles. The number of benzene rings is 7. The van der Waals surface area contributed by atoms with E-state index in [2.05, 4.69) is 140 Å². The average Bonchev–Trinajstić information content (AvgIpc) is 3.57. The molecule has 0 fully saturated rings. The van der Waals surface area contributed by atoms with Crippen molar-refractivity contribution in [3.8, 4) is 67.5 Å². The Kier molecular flexibility index (Phi) is 7.10. The molecule has 0 bridgehead atoms. The summed E-state index contributed by atoms with van der Waals surface area (Å²) in [4.78, 5) is 15.4. The van der Waals surface area contributed by atoms with Crippen LogP contribution in [0.4, 0.5) is 0 Å². The van der Waals surface area contributed by atoms with Crippen LogP contribution in [0, 0.1) is 0 Å². The largest absolute Gasteiger partial charge is 0.456 e. The van der Waals surface area contributed by atoms with Gasteiger partial charge in [-0.3, -0.25) is 0 Å². The van der Waals surface area contributed by atoms with Gasteiger partial charge in [-0.15, -0.1) is 0 Å². The van der Waals surface area contributed by atoms with Gasteiger partial charge in [0, 0.05) is 27.5 Å². The molecule has 0 spiro atoms. The highest BCUT2D eigenvalue weighted by atomic mass is 16.3. The van der Waals surface area contributed by atoms with Crippen molar-refractivity contribution in [2.75, 3.05) is 0 Å². The van der Waals surface area contributed by atoms with Gasteiger partial charge in [0.1, 0.15) is 11.2 Å². The molecular weight excluding hydrogens is 599 g/mol. The normalized spacial score (nSPS) is 11.3. The Bertz CT molecular complexity index is 2460. The van der Waals surface area contributed by atoms with Gasteiger partial charge in [0.15, 0.2) is 17.5 Å². The molecule has 9 aromatic rings. The third-order valence-corrected chi connectivity index (χ3v) is 8.96. The number of aromatic nitrogens is 3. The average molecular weight is 628 g/mol. The number of furan rings is 1. The second-order valence-corrected chi connectivity index (χ2v) is 12.1.